The van der Waals surface area contributed by atoms with Crippen LogP contribution in [0.1, 0.15) is 56.4 Å². The van der Waals surface area contributed by atoms with Crippen LogP contribution in [0.5, 0.6) is 0 Å². The van der Waals surface area contributed by atoms with Gasteiger partial charge < -0.3 is 20.2 Å². The first-order valence-electron chi connectivity index (χ1n) is 11.4. The lowest BCUT2D eigenvalue weighted by Crippen LogP contribution is -2.56. The van der Waals surface area contributed by atoms with E-state index in [1.54, 1.807) is 17.3 Å². The van der Waals surface area contributed by atoms with Crippen molar-refractivity contribution in [1.29, 1.82) is 5.26 Å². The van der Waals surface area contributed by atoms with E-state index >= 15 is 0 Å². The molecule has 4 aliphatic rings. The van der Waals surface area contributed by atoms with E-state index in [-0.39, 0.29) is 29.7 Å². The molecule has 1 aromatic heterocycles. The average molecular weight is 438 g/mol. The number of nitrogens with zero attached hydrogens (tertiary/aromatic N) is 4. The van der Waals surface area contributed by atoms with E-state index in [0.717, 1.165) is 37.7 Å². The Morgan fingerprint density at radius 1 is 1.25 bits per heavy atom. The van der Waals surface area contributed by atoms with Gasteiger partial charge in [-0.15, -0.1) is 0 Å². The maximum absolute atomic E-state index is 13.9. The normalized spacial score (nSPS) is 32.8. The lowest BCUT2D eigenvalue weighted by atomic mass is 9.85. The topological polar surface area (TPSA) is 127 Å². The minimum absolute atomic E-state index is 0.0318. The minimum Gasteiger partial charge on any atom is -0.465 e. The summed E-state index contributed by atoms with van der Waals surface area (Å²) >= 11 is 0. The Kier molecular flexibility index (Phi) is 5.03. The third kappa shape index (κ3) is 3.20. The number of hydrogen-bond acceptors (Lipinski definition) is 5. The summed E-state index contributed by atoms with van der Waals surface area (Å²) in [6, 6.07) is 4.84. The minimum atomic E-state index is -1.23. The van der Waals surface area contributed by atoms with Crippen LogP contribution in [0.15, 0.2) is 24.5 Å². The van der Waals surface area contributed by atoms with Crippen LogP contribution in [0, 0.1) is 17.2 Å². The van der Waals surface area contributed by atoms with Crippen molar-refractivity contribution >= 4 is 17.9 Å². The van der Waals surface area contributed by atoms with Gasteiger partial charge in [-0.3, -0.25) is 14.6 Å². The molecule has 4 heterocycles. The van der Waals surface area contributed by atoms with Crippen LogP contribution < -0.4 is 5.32 Å². The highest BCUT2D eigenvalue weighted by Crippen LogP contribution is 2.58. The molecule has 1 aliphatic carbocycles. The maximum atomic E-state index is 13.9. The number of fused-ring (bicyclic) bond motifs is 1. The number of rotatable bonds is 3. The quantitative estimate of drug-likeness (QED) is 0.743. The molecule has 4 fully saturated rings. The Morgan fingerprint density at radius 3 is 2.72 bits per heavy atom. The van der Waals surface area contributed by atoms with Crippen molar-refractivity contribution in [3.8, 4) is 6.07 Å². The first-order valence-corrected chi connectivity index (χ1v) is 11.4. The van der Waals surface area contributed by atoms with E-state index < -0.39 is 23.7 Å². The molecule has 3 amide bonds. The van der Waals surface area contributed by atoms with E-state index in [4.69, 9.17) is 5.11 Å². The van der Waals surface area contributed by atoms with Crippen molar-refractivity contribution in [3.63, 3.8) is 0 Å². The van der Waals surface area contributed by atoms with Crippen LogP contribution in [0.2, 0.25) is 0 Å². The molecule has 3 saturated heterocycles. The van der Waals surface area contributed by atoms with E-state index in [2.05, 4.69) is 16.4 Å². The van der Waals surface area contributed by atoms with Gasteiger partial charge >= 0.3 is 6.09 Å². The predicted molar refractivity (Wildman–Crippen MR) is 112 cm³/mol. The molecule has 0 bridgehead atoms. The zero-order valence-corrected chi connectivity index (χ0v) is 17.8. The number of nitrogens with one attached hydrogen (secondary N) is 1. The lowest BCUT2D eigenvalue weighted by Gasteiger charge is -2.35. The molecular weight excluding hydrogens is 410 g/mol. The van der Waals surface area contributed by atoms with Gasteiger partial charge in [-0.2, -0.15) is 5.26 Å². The van der Waals surface area contributed by atoms with Gasteiger partial charge in [-0.1, -0.05) is 6.07 Å². The number of aromatic nitrogens is 1. The molecule has 3 aliphatic heterocycles. The Hall–Kier alpha value is -3.15. The Bertz CT molecular complexity index is 972. The first kappa shape index (κ1) is 20.7. The van der Waals surface area contributed by atoms with E-state index in [9.17, 15) is 19.6 Å². The van der Waals surface area contributed by atoms with E-state index in [0.29, 0.717) is 19.4 Å². The molecule has 1 aromatic rings. The molecule has 32 heavy (non-hydrogen) atoms. The Balaban J connectivity index is 1.42. The monoisotopic (exact) mass is 437 g/mol. The van der Waals surface area contributed by atoms with Gasteiger partial charge in [0.1, 0.15) is 12.1 Å². The van der Waals surface area contributed by atoms with Crippen LogP contribution in [0.25, 0.3) is 0 Å². The van der Waals surface area contributed by atoms with Gasteiger partial charge in [-0.05, 0) is 56.6 Å². The summed E-state index contributed by atoms with van der Waals surface area (Å²) < 4.78 is 0. The van der Waals surface area contributed by atoms with Gasteiger partial charge in [0.2, 0.25) is 11.8 Å². The highest BCUT2D eigenvalue weighted by molar-refractivity contribution is 5.93. The Morgan fingerprint density at radius 2 is 2.06 bits per heavy atom. The summed E-state index contributed by atoms with van der Waals surface area (Å²) in [6.45, 7) is 0.447. The van der Waals surface area contributed by atoms with Crippen LogP contribution in [-0.4, -0.2) is 68.0 Å². The molecule has 5 atom stereocenters. The maximum Gasteiger partial charge on any atom is 0.405 e. The number of amides is 3. The zero-order valence-electron chi connectivity index (χ0n) is 17.8. The van der Waals surface area contributed by atoms with Gasteiger partial charge in [0.25, 0.3) is 0 Å². The number of pyridine rings is 1. The third-order valence-corrected chi connectivity index (χ3v) is 7.85. The number of carboxylic acid groups (broad SMARTS) is 1. The summed E-state index contributed by atoms with van der Waals surface area (Å²) in [5.74, 6) is -0.788. The second kappa shape index (κ2) is 7.76. The molecule has 2 N–H and O–H groups in total. The first-order chi connectivity index (χ1) is 15.5. The molecule has 9 heteroatoms. The Labute approximate surface area is 186 Å². The van der Waals surface area contributed by atoms with Crippen molar-refractivity contribution in [2.75, 3.05) is 6.54 Å². The highest BCUT2D eigenvalue weighted by atomic mass is 16.4. The smallest absolute Gasteiger partial charge is 0.405 e. The predicted octanol–water partition coefficient (Wildman–Crippen LogP) is 1.86. The number of carbonyl (C=O) groups excluding carboxylic acids is 2. The summed E-state index contributed by atoms with van der Waals surface area (Å²) in [5, 5.41) is 21.5. The zero-order chi connectivity index (χ0) is 22.5. The van der Waals surface area contributed by atoms with Crippen molar-refractivity contribution in [1.82, 2.24) is 20.1 Å². The van der Waals surface area contributed by atoms with Crippen molar-refractivity contribution < 1.29 is 19.5 Å². The molecule has 9 nitrogen and oxygen atoms in total. The van der Waals surface area contributed by atoms with Gasteiger partial charge in [-0.25, -0.2) is 4.79 Å². The van der Waals surface area contributed by atoms with Gasteiger partial charge in [0.05, 0.1) is 17.5 Å². The van der Waals surface area contributed by atoms with E-state index in [1.807, 2.05) is 17.0 Å². The number of hydrogen-bond donors (Lipinski definition) is 2. The molecule has 1 spiro atoms. The number of nitriles is 1. The lowest BCUT2D eigenvalue weighted by molar-refractivity contribution is -0.147. The number of carbonyl (C=O) groups is 3. The van der Waals surface area contributed by atoms with Crippen LogP contribution in [0.4, 0.5) is 4.79 Å². The SMILES string of the molecule is N#CC1C(c2cccnc2)CN(C(=O)[C@@H]2CC[C@@H]3CCC[C@H](NC(=O)O)C(=O)N32)C12CC2. The second-order valence-electron chi connectivity index (χ2n) is 9.48. The third-order valence-electron chi connectivity index (χ3n) is 7.85. The van der Waals surface area contributed by atoms with E-state index in [1.165, 1.54) is 0 Å². The largest absolute Gasteiger partial charge is 0.465 e. The molecule has 0 radical (unpaired) electrons. The summed E-state index contributed by atoms with van der Waals surface area (Å²) in [7, 11) is 0. The fourth-order valence-electron chi connectivity index (χ4n) is 6.21. The standard InChI is InChI=1S/C23H27N5O4/c24-11-17-16(14-3-2-10-25-12-14)13-27(23(17)8-9-23)21(30)19-7-6-15-4-1-5-18(26-22(31)32)20(29)28(15)19/h2-3,10,12,15-19,26H,1,4-9,13H2,(H,31,32)/t15-,16?,17?,18-,19-/m0/s1. The fraction of sp³-hybridized carbons (Fsp3) is 0.609. The molecule has 5 rings (SSSR count). The molecule has 1 saturated carbocycles. The van der Waals surface area contributed by atoms with Crippen molar-refractivity contribution in [2.24, 2.45) is 5.92 Å². The van der Waals surface area contributed by atoms with Crippen LogP contribution >= 0.6 is 0 Å². The molecule has 2 unspecified atom stereocenters. The second-order valence-corrected chi connectivity index (χ2v) is 9.48. The van der Waals surface area contributed by atoms with Crippen LogP contribution in [0.3, 0.4) is 0 Å². The molecule has 0 aromatic carbocycles. The van der Waals surface area contributed by atoms with Gasteiger partial charge in [0, 0.05) is 30.9 Å². The van der Waals surface area contributed by atoms with Crippen molar-refractivity contribution in [3.05, 3.63) is 30.1 Å². The summed E-state index contributed by atoms with van der Waals surface area (Å²) in [4.78, 5) is 46.0. The fourth-order valence-corrected chi connectivity index (χ4v) is 6.21. The van der Waals surface area contributed by atoms with Crippen LogP contribution in [-0.2, 0) is 9.59 Å². The summed E-state index contributed by atoms with van der Waals surface area (Å²) in [6.07, 6.45) is 7.12. The van der Waals surface area contributed by atoms with Gasteiger partial charge in [0.15, 0.2) is 0 Å². The average Bonchev–Trinajstić information content (AvgIpc) is 3.38. The molecular formula is C23H27N5O4. The summed E-state index contributed by atoms with van der Waals surface area (Å²) in [5.41, 5.74) is 0.499. The number of likely N-dealkylation sites (tertiary alicyclic amines) is 1. The molecule has 168 valence electrons. The highest BCUT2D eigenvalue weighted by Gasteiger charge is 2.64. The van der Waals surface area contributed by atoms with Crippen molar-refractivity contribution in [2.45, 2.75) is 74.5 Å².